The molecule has 0 heterocycles. The van der Waals surface area contributed by atoms with E-state index < -0.39 is 0 Å². The van der Waals surface area contributed by atoms with E-state index in [1.807, 2.05) is 0 Å². The first-order valence-corrected chi connectivity index (χ1v) is 20.3. The van der Waals surface area contributed by atoms with Crippen LogP contribution in [0.2, 0.25) is 0 Å². The Labute approximate surface area is 283 Å². The van der Waals surface area contributed by atoms with Crippen LogP contribution >= 0.6 is 0 Å². The van der Waals surface area contributed by atoms with Crippen LogP contribution in [0.1, 0.15) is 216 Å². The van der Waals surface area contributed by atoms with E-state index in [9.17, 15) is 9.59 Å². The van der Waals surface area contributed by atoms with Crippen LogP contribution in [0.25, 0.3) is 0 Å². The first-order valence-electron chi connectivity index (χ1n) is 20.3. The summed E-state index contributed by atoms with van der Waals surface area (Å²) in [5, 5.41) is 0. The lowest BCUT2D eigenvalue weighted by atomic mass is 9.55. The Kier molecular flexibility index (Phi) is 16.2. The number of ketones is 1. The molecule has 5 atom stereocenters. The van der Waals surface area contributed by atoms with Gasteiger partial charge in [-0.25, -0.2) is 0 Å². The molecule has 0 N–H and O–H groups in total. The van der Waals surface area contributed by atoms with Crippen LogP contribution in [0.3, 0.4) is 0 Å². The lowest BCUT2D eigenvalue weighted by Gasteiger charge is -2.48. The van der Waals surface area contributed by atoms with Gasteiger partial charge in [0.05, 0.1) is 0 Å². The van der Waals surface area contributed by atoms with Gasteiger partial charge in [0.25, 0.3) is 0 Å². The first-order chi connectivity index (χ1) is 22.5. The maximum absolute atomic E-state index is 13.1. The second-order valence-electron chi connectivity index (χ2n) is 15.8. The van der Waals surface area contributed by atoms with Gasteiger partial charge in [-0.3, -0.25) is 9.59 Å². The third-order valence-electron chi connectivity index (χ3n) is 12.4. The van der Waals surface area contributed by atoms with Gasteiger partial charge in [-0.05, 0) is 85.8 Å². The number of carbonyl (C=O) groups excluding carboxylic acids is 2. The second kappa shape index (κ2) is 20.0. The van der Waals surface area contributed by atoms with E-state index in [0.29, 0.717) is 30.0 Å². The Morgan fingerprint density at radius 2 is 1.35 bits per heavy atom. The van der Waals surface area contributed by atoms with E-state index in [2.05, 4.69) is 39.0 Å². The number of benzene rings is 1. The van der Waals surface area contributed by atoms with Crippen molar-refractivity contribution in [3.8, 4) is 0 Å². The van der Waals surface area contributed by atoms with Gasteiger partial charge in [-0.15, -0.1) is 0 Å². The predicted molar refractivity (Wildman–Crippen MR) is 193 cm³/mol. The van der Waals surface area contributed by atoms with Crippen molar-refractivity contribution in [3.05, 3.63) is 34.9 Å². The van der Waals surface area contributed by atoms with Gasteiger partial charge in [-0.2, -0.15) is 0 Å². The molecule has 3 aliphatic carbocycles. The molecule has 260 valence electrons. The quantitative estimate of drug-likeness (QED) is 0.0888. The lowest BCUT2D eigenvalue weighted by Crippen LogP contribution is -2.42. The maximum Gasteiger partial charge on any atom is 0.306 e. The third kappa shape index (κ3) is 10.7. The highest BCUT2D eigenvalue weighted by molar-refractivity contribution is 5.87. The van der Waals surface area contributed by atoms with E-state index in [1.165, 1.54) is 126 Å². The van der Waals surface area contributed by atoms with Crippen LogP contribution < -0.4 is 0 Å². The summed E-state index contributed by atoms with van der Waals surface area (Å²) in [7, 11) is 0. The van der Waals surface area contributed by atoms with Crippen molar-refractivity contribution < 1.29 is 14.3 Å². The summed E-state index contributed by atoms with van der Waals surface area (Å²) in [4.78, 5) is 25.9. The van der Waals surface area contributed by atoms with E-state index >= 15 is 0 Å². The molecule has 2 fully saturated rings. The molecular formula is C43H70O3. The van der Waals surface area contributed by atoms with Crippen LogP contribution in [-0.2, 0) is 20.7 Å². The number of aryl methyl sites for hydroxylation is 1. The van der Waals surface area contributed by atoms with Gasteiger partial charge in [0, 0.05) is 18.3 Å². The standard InChI is InChI=1S/C43H70O3/c1-4-6-8-10-12-14-16-17-19-21-23-40(46-42(45)24-22-20-18-15-13-11-9-7-5-2)35-26-27-36-34(33-35)25-28-38-37(36)31-32-43(3)39(38)29-30-41(43)44/h26-27,33,37-40H,4-25,28-32H2,1-3H3/t37-,38-,39+,40+,43+/m1/s1. The molecule has 46 heavy (non-hydrogen) atoms. The molecule has 0 bridgehead atoms. The van der Waals surface area contributed by atoms with Crippen molar-refractivity contribution >= 4 is 11.8 Å². The van der Waals surface area contributed by atoms with Crippen LogP contribution in [0, 0.1) is 17.3 Å². The SMILES string of the molecule is CCCCCCCCCCCC[C@H](OC(=O)CCCCCCCCCCC)c1ccc2c(c1)CC[C@@H]1[C@@H]2CC[C@]2(C)C(=O)CC[C@@H]12. The normalized spacial score (nSPS) is 24.3. The number of hydrogen-bond acceptors (Lipinski definition) is 3. The Bertz CT molecular complexity index is 1040. The fraction of sp³-hybridized carbons (Fsp3) is 0.814. The predicted octanol–water partition coefficient (Wildman–Crippen LogP) is 12.9. The number of carbonyl (C=O) groups is 2. The molecule has 0 spiro atoms. The van der Waals surface area contributed by atoms with Gasteiger partial charge >= 0.3 is 5.97 Å². The number of ether oxygens (including phenoxy) is 1. The average Bonchev–Trinajstić information content (AvgIpc) is 3.37. The lowest BCUT2D eigenvalue weighted by molar-refractivity contribution is -0.150. The Morgan fingerprint density at radius 1 is 0.761 bits per heavy atom. The third-order valence-corrected chi connectivity index (χ3v) is 12.4. The molecule has 1 aromatic rings. The van der Waals surface area contributed by atoms with Crippen LogP contribution in [-0.4, -0.2) is 11.8 Å². The highest BCUT2D eigenvalue weighted by Gasteiger charge is 2.54. The zero-order chi connectivity index (χ0) is 32.6. The van der Waals surface area contributed by atoms with E-state index in [1.54, 1.807) is 0 Å². The zero-order valence-electron chi connectivity index (χ0n) is 30.4. The van der Waals surface area contributed by atoms with E-state index in [0.717, 1.165) is 57.8 Å². The summed E-state index contributed by atoms with van der Waals surface area (Å²) in [6, 6.07) is 7.09. The fourth-order valence-electron chi connectivity index (χ4n) is 9.48. The summed E-state index contributed by atoms with van der Waals surface area (Å²) in [6.07, 6.45) is 32.3. The highest BCUT2D eigenvalue weighted by atomic mass is 16.5. The van der Waals surface area contributed by atoms with Crippen molar-refractivity contribution in [1.82, 2.24) is 0 Å². The van der Waals surface area contributed by atoms with E-state index in [4.69, 9.17) is 4.74 Å². The molecule has 1 aromatic carbocycles. The molecule has 0 saturated heterocycles. The number of unbranched alkanes of at least 4 members (excludes halogenated alkanes) is 17. The van der Waals surface area contributed by atoms with E-state index in [-0.39, 0.29) is 17.5 Å². The molecule has 0 radical (unpaired) electrons. The molecule has 3 nitrogen and oxygen atoms in total. The molecule has 0 amide bonds. The van der Waals surface area contributed by atoms with Gasteiger partial charge < -0.3 is 4.74 Å². The average molecular weight is 635 g/mol. The second-order valence-corrected chi connectivity index (χ2v) is 15.8. The maximum atomic E-state index is 13.1. The van der Waals surface area contributed by atoms with Crippen molar-refractivity contribution in [1.29, 1.82) is 0 Å². The molecule has 2 saturated carbocycles. The number of fused-ring (bicyclic) bond motifs is 5. The Hall–Kier alpha value is -1.64. The Morgan fingerprint density at radius 3 is 1.98 bits per heavy atom. The number of esters is 1. The van der Waals surface area contributed by atoms with Crippen LogP contribution in [0.15, 0.2) is 18.2 Å². The topological polar surface area (TPSA) is 43.4 Å². The Balaban J connectivity index is 1.29. The summed E-state index contributed by atoms with van der Waals surface area (Å²) >= 11 is 0. The minimum absolute atomic E-state index is 0.00437. The van der Waals surface area contributed by atoms with Gasteiger partial charge in [0.15, 0.2) is 0 Å². The molecular weight excluding hydrogens is 564 g/mol. The zero-order valence-corrected chi connectivity index (χ0v) is 30.4. The smallest absolute Gasteiger partial charge is 0.306 e. The summed E-state index contributed by atoms with van der Waals surface area (Å²) in [6.45, 7) is 6.82. The molecule has 3 heteroatoms. The number of rotatable bonds is 23. The largest absolute Gasteiger partial charge is 0.457 e. The van der Waals surface area contributed by atoms with Crippen LogP contribution in [0.4, 0.5) is 0 Å². The van der Waals surface area contributed by atoms with Crippen molar-refractivity contribution in [3.63, 3.8) is 0 Å². The number of hydrogen-bond donors (Lipinski definition) is 0. The molecule has 4 rings (SSSR count). The fourth-order valence-corrected chi connectivity index (χ4v) is 9.48. The first kappa shape index (κ1) is 37.2. The summed E-state index contributed by atoms with van der Waals surface area (Å²) in [5.41, 5.74) is 4.15. The van der Waals surface area contributed by atoms with Crippen molar-refractivity contribution in [2.45, 2.75) is 206 Å². The van der Waals surface area contributed by atoms with Crippen molar-refractivity contribution in [2.24, 2.45) is 17.3 Å². The number of Topliss-reactive ketones (excluding diaryl/α,β-unsaturated/α-hetero) is 1. The van der Waals surface area contributed by atoms with Gasteiger partial charge in [0.2, 0.25) is 0 Å². The highest BCUT2D eigenvalue weighted by Crippen LogP contribution is 2.59. The minimum atomic E-state index is -0.120. The van der Waals surface area contributed by atoms with Crippen LogP contribution in [0.5, 0.6) is 0 Å². The van der Waals surface area contributed by atoms with Gasteiger partial charge in [-0.1, -0.05) is 148 Å². The molecule has 3 aliphatic rings. The minimum Gasteiger partial charge on any atom is -0.457 e. The molecule has 0 aromatic heterocycles. The van der Waals surface area contributed by atoms with Crippen molar-refractivity contribution in [2.75, 3.05) is 0 Å². The summed E-state index contributed by atoms with van der Waals surface area (Å²) in [5.74, 6) is 2.33. The monoisotopic (exact) mass is 635 g/mol. The molecule has 0 aliphatic heterocycles. The van der Waals surface area contributed by atoms with Gasteiger partial charge in [0.1, 0.15) is 11.9 Å². The summed E-state index contributed by atoms with van der Waals surface area (Å²) < 4.78 is 6.29. The molecule has 0 unspecified atom stereocenters.